The number of aryl methyl sites for hydroxylation is 1. The zero-order valence-corrected chi connectivity index (χ0v) is 16.5. The number of hydrogen-bond acceptors (Lipinski definition) is 5. The summed E-state index contributed by atoms with van der Waals surface area (Å²) in [6.45, 7) is 9.01. The lowest BCUT2D eigenvalue weighted by atomic mass is 10.1. The van der Waals surface area contributed by atoms with E-state index >= 15 is 0 Å². The van der Waals surface area contributed by atoms with E-state index < -0.39 is 22.4 Å². The Balaban J connectivity index is 2.19. The van der Waals surface area contributed by atoms with Crippen molar-refractivity contribution in [2.24, 2.45) is 0 Å². The van der Waals surface area contributed by atoms with E-state index in [1.807, 2.05) is 18.4 Å². The van der Waals surface area contributed by atoms with E-state index in [1.54, 1.807) is 24.3 Å². The average molecular weight is 389 g/mol. The second kappa shape index (κ2) is 8.35. The third kappa shape index (κ3) is 4.36. The van der Waals surface area contributed by atoms with Crippen LogP contribution in [0.25, 0.3) is 0 Å². The first-order valence-electron chi connectivity index (χ1n) is 8.52. The second-order valence-electron chi connectivity index (χ2n) is 6.08. The summed E-state index contributed by atoms with van der Waals surface area (Å²) in [5.41, 5.74) is 2.07. The van der Waals surface area contributed by atoms with Crippen LogP contribution in [-0.4, -0.2) is 37.1 Å². The molecule has 1 heterocycles. The summed E-state index contributed by atoms with van der Waals surface area (Å²) >= 11 is 0. The van der Waals surface area contributed by atoms with Crippen LogP contribution in [0.1, 0.15) is 39.0 Å². The van der Waals surface area contributed by atoms with Crippen molar-refractivity contribution in [3.63, 3.8) is 0 Å². The number of hydrogen-bond donors (Lipinski definition) is 0. The molecule has 0 saturated heterocycles. The lowest BCUT2D eigenvalue weighted by Gasteiger charge is -2.09. The van der Waals surface area contributed by atoms with Crippen LogP contribution in [0.3, 0.4) is 0 Å². The Morgan fingerprint density at radius 1 is 1.19 bits per heavy atom. The second-order valence-corrected chi connectivity index (χ2v) is 8.33. The van der Waals surface area contributed by atoms with Crippen LogP contribution in [0.15, 0.2) is 47.9 Å². The van der Waals surface area contributed by atoms with E-state index in [1.165, 1.54) is 19.1 Å². The molecule has 0 N–H and O–H groups in total. The number of sulfone groups is 1. The third-order valence-electron chi connectivity index (χ3n) is 4.34. The predicted molar refractivity (Wildman–Crippen MR) is 103 cm³/mol. The number of allylic oxidation sites excluding steroid dienone is 1. The van der Waals surface area contributed by atoms with Crippen LogP contribution in [0.4, 0.5) is 0 Å². The highest BCUT2D eigenvalue weighted by Gasteiger charge is 2.23. The number of carbonyl (C=O) groups excluding carboxylic acids is 2. The number of ether oxygens (including phenoxy) is 1. The van der Waals surface area contributed by atoms with Crippen molar-refractivity contribution in [2.75, 3.05) is 12.4 Å². The SMILES string of the molecule is C=CCn1c(C)cc(C(=O)COC(=O)c2ccccc2S(=O)(=O)CC)c1C. The van der Waals surface area contributed by atoms with Crippen LogP contribution >= 0.6 is 0 Å². The fourth-order valence-electron chi connectivity index (χ4n) is 2.84. The van der Waals surface area contributed by atoms with Gasteiger partial charge in [-0.1, -0.05) is 25.1 Å². The van der Waals surface area contributed by atoms with Crippen LogP contribution < -0.4 is 0 Å². The van der Waals surface area contributed by atoms with Gasteiger partial charge in [0.25, 0.3) is 0 Å². The lowest BCUT2D eigenvalue weighted by molar-refractivity contribution is 0.0470. The van der Waals surface area contributed by atoms with E-state index in [0.717, 1.165) is 11.4 Å². The Labute approximate surface area is 159 Å². The van der Waals surface area contributed by atoms with Crippen molar-refractivity contribution in [3.05, 3.63) is 65.5 Å². The van der Waals surface area contributed by atoms with Gasteiger partial charge in [-0.15, -0.1) is 6.58 Å². The normalized spacial score (nSPS) is 11.2. The monoisotopic (exact) mass is 389 g/mol. The molecule has 0 amide bonds. The zero-order chi connectivity index (χ0) is 20.2. The quantitative estimate of drug-likeness (QED) is 0.394. The molecule has 2 aromatic rings. The van der Waals surface area contributed by atoms with Gasteiger partial charge >= 0.3 is 5.97 Å². The van der Waals surface area contributed by atoms with Gasteiger partial charge in [0.2, 0.25) is 5.78 Å². The summed E-state index contributed by atoms with van der Waals surface area (Å²) in [6, 6.07) is 7.57. The number of rotatable bonds is 8. The minimum absolute atomic E-state index is 0.0655. The largest absolute Gasteiger partial charge is 0.454 e. The van der Waals surface area contributed by atoms with Crippen molar-refractivity contribution < 1.29 is 22.7 Å². The Morgan fingerprint density at radius 2 is 1.85 bits per heavy atom. The standard InChI is InChI=1S/C20H23NO5S/c1-5-11-21-14(3)12-17(15(21)4)18(22)13-26-20(23)16-9-7-8-10-19(16)27(24,25)6-2/h5,7-10,12H,1,6,11,13H2,2-4H3. The molecule has 0 fully saturated rings. The Hall–Kier alpha value is -2.67. The van der Waals surface area contributed by atoms with Gasteiger partial charge < -0.3 is 9.30 Å². The van der Waals surface area contributed by atoms with Gasteiger partial charge in [-0.3, -0.25) is 4.79 Å². The van der Waals surface area contributed by atoms with Crippen LogP contribution in [0.5, 0.6) is 0 Å². The summed E-state index contributed by atoms with van der Waals surface area (Å²) in [6.07, 6.45) is 1.74. The fraction of sp³-hybridized carbons (Fsp3) is 0.300. The molecule has 1 aromatic carbocycles. The van der Waals surface area contributed by atoms with Gasteiger partial charge in [0.15, 0.2) is 16.4 Å². The Kier molecular flexibility index (Phi) is 6.38. The Morgan fingerprint density at radius 3 is 2.48 bits per heavy atom. The molecule has 1 aromatic heterocycles. The minimum atomic E-state index is -3.58. The average Bonchev–Trinajstić information content (AvgIpc) is 2.94. The van der Waals surface area contributed by atoms with Crippen LogP contribution in [0, 0.1) is 13.8 Å². The van der Waals surface area contributed by atoms with Crippen molar-refractivity contribution in [1.82, 2.24) is 4.57 Å². The van der Waals surface area contributed by atoms with E-state index in [2.05, 4.69) is 6.58 Å². The molecule has 0 aliphatic carbocycles. The minimum Gasteiger partial charge on any atom is -0.454 e. The molecule has 0 aliphatic heterocycles. The molecular formula is C20H23NO5S. The number of ketones is 1. The number of esters is 1. The molecule has 0 unspecified atom stereocenters. The molecule has 0 radical (unpaired) electrons. The van der Waals surface area contributed by atoms with Crippen molar-refractivity contribution >= 4 is 21.6 Å². The van der Waals surface area contributed by atoms with Crippen LogP contribution in [0.2, 0.25) is 0 Å². The predicted octanol–water partition coefficient (Wildman–Crippen LogP) is 3.12. The lowest BCUT2D eigenvalue weighted by Crippen LogP contribution is -2.18. The number of carbonyl (C=O) groups is 2. The zero-order valence-electron chi connectivity index (χ0n) is 15.7. The third-order valence-corrected chi connectivity index (χ3v) is 6.13. The number of aromatic nitrogens is 1. The van der Waals surface area contributed by atoms with Gasteiger partial charge in [-0.05, 0) is 32.0 Å². The van der Waals surface area contributed by atoms with Gasteiger partial charge in [-0.25, -0.2) is 13.2 Å². The van der Waals surface area contributed by atoms with E-state index in [-0.39, 0.29) is 22.0 Å². The molecule has 27 heavy (non-hydrogen) atoms. The maximum absolute atomic E-state index is 12.5. The number of Topliss-reactive ketones (excluding diaryl/α,β-unsaturated/α-hetero) is 1. The first-order valence-corrected chi connectivity index (χ1v) is 10.2. The first kappa shape index (κ1) is 20.6. The van der Waals surface area contributed by atoms with Crippen LogP contribution in [-0.2, 0) is 21.1 Å². The molecular weight excluding hydrogens is 366 g/mol. The summed E-state index contributed by atoms with van der Waals surface area (Å²) in [5, 5.41) is 0. The molecule has 0 atom stereocenters. The maximum Gasteiger partial charge on any atom is 0.339 e. The Bertz CT molecular complexity index is 986. The highest BCUT2D eigenvalue weighted by Crippen LogP contribution is 2.19. The number of nitrogens with zero attached hydrogens (tertiary/aromatic N) is 1. The fourth-order valence-corrected chi connectivity index (χ4v) is 3.93. The van der Waals surface area contributed by atoms with Gasteiger partial charge in [0.05, 0.1) is 16.2 Å². The highest BCUT2D eigenvalue weighted by atomic mass is 32.2. The smallest absolute Gasteiger partial charge is 0.339 e. The van der Waals surface area contributed by atoms with Crippen molar-refractivity contribution in [2.45, 2.75) is 32.2 Å². The van der Waals surface area contributed by atoms with Crippen molar-refractivity contribution in [3.8, 4) is 0 Å². The molecule has 0 spiro atoms. The first-order chi connectivity index (χ1) is 12.7. The molecule has 0 aliphatic rings. The topological polar surface area (TPSA) is 82.4 Å². The molecule has 7 heteroatoms. The summed E-state index contributed by atoms with van der Waals surface area (Å²) in [7, 11) is -3.58. The van der Waals surface area contributed by atoms with Gasteiger partial charge in [0.1, 0.15) is 0 Å². The van der Waals surface area contributed by atoms with Gasteiger partial charge in [-0.2, -0.15) is 0 Å². The van der Waals surface area contributed by atoms with E-state index in [4.69, 9.17) is 4.74 Å². The summed E-state index contributed by atoms with van der Waals surface area (Å²) in [5.74, 6) is -1.32. The van der Waals surface area contributed by atoms with Gasteiger partial charge in [0, 0.05) is 23.5 Å². The maximum atomic E-state index is 12.5. The van der Waals surface area contributed by atoms with E-state index in [0.29, 0.717) is 12.1 Å². The van der Waals surface area contributed by atoms with Crippen molar-refractivity contribution in [1.29, 1.82) is 0 Å². The molecule has 144 valence electrons. The van der Waals surface area contributed by atoms with E-state index in [9.17, 15) is 18.0 Å². The summed E-state index contributed by atoms with van der Waals surface area (Å²) < 4.78 is 31.3. The molecule has 0 saturated carbocycles. The highest BCUT2D eigenvalue weighted by molar-refractivity contribution is 7.91. The molecule has 2 rings (SSSR count). The number of benzene rings is 1. The summed E-state index contributed by atoms with van der Waals surface area (Å²) in [4.78, 5) is 24.8. The molecule has 6 nitrogen and oxygen atoms in total. The molecule has 0 bridgehead atoms.